The number of benzene rings is 1. The first-order chi connectivity index (χ1) is 12.9. The number of anilines is 1. The molecule has 0 saturated carbocycles. The molecule has 0 unspecified atom stereocenters. The largest absolute Gasteiger partial charge is 0.339 e. The third kappa shape index (κ3) is 4.60. The van der Waals surface area contributed by atoms with Crippen molar-refractivity contribution in [2.45, 2.75) is 6.54 Å². The monoisotopic (exact) mass is 355 g/mol. The van der Waals surface area contributed by atoms with Crippen molar-refractivity contribution in [3.63, 3.8) is 0 Å². The summed E-state index contributed by atoms with van der Waals surface area (Å²) in [6.45, 7) is 12.4. The van der Waals surface area contributed by atoms with Crippen molar-refractivity contribution in [1.29, 1.82) is 0 Å². The zero-order valence-corrected chi connectivity index (χ0v) is 15.4. The lowest BCUT2D eigenvalue weighted by Gasteiger charge is -2.38. The van der Waals surface area contributed by atoms with Crippen molar-refractivity contribution < 1.29 is 0 Å². The fourth-order valence-electron chi connectivity index (χ4n) is 3.83. The molecule has 7 nitrogen and oxygen atoms in total. The normalized spacial score (nSPS) is 20.5. The molecule has 26 heavy (non-hydrogen) atoms. The number of H-pyrrole nitrogens is 1. The lowest BCUT2D eigenvalue weighted by molar-refractivity contribution is 0.113. The SMILES string of the molecule is c1ccc(CN2CCN(CCN3CCN(c4ncn[nH]4)CC3)CC2)cc1. The van der Waals surface area contributed by atoms with Crippen LogP contribution in [0.3, 0.4) is 0 Å². The van der Waals surface area contributed by atoms with Crippen molar-refractivity contribution in [3.8, 4) is 0 Å². The van der Waals surface area contributed by atoms with Gasteiger partial charge in [-0.3, -0.25) is 14.7 Å². The van der Waals surface area contributed by atoms with Crippen LogP contribution in [0.15, 0.2) is 36.7 Å². The molecular weight excluding hydrogens is 326 g/mol. The summed E-state index contributed by atoms with van der Waals surface area (Å²) in [5.74, 6) is 0.902. The predicted octanol–water partition coefficient (Wildman–Crippen LogP) is 0.745. The van der Waals surface area contributed by atoms with Gasteiger partial charge in [-0.15, -0.1) is 0 Å². The molecule has 0 radical (unpaired) electrons. The summed E-state index contributed by atoms with van der Waals surface area (Å²) in [5.41, 5.74) is 1.42. The van der Waals surface area contributed by atoms with E-state index in [9.17, 15) is 0 Å². The molecule has 3 heterocycles. The maximum Gasteiger partial charge on any atom is 0.221 e. The van der Waals surface area contributed by atoms with Crippen LogP contribution in [0, 0.1) is 0 Å². The Hall–Kier alpha value is -1.96. The fraction of sp³-hybridized carbons (Fsp3) is 0.579. The Morgan fingerprint density at radius 1 is 0.769 bits per heavy atom. The number of rotatable bonds is 6. The van der Waals surface area contributed by atoms with Crippen LogP contribution in [0.5, 0.6) is 0 Å². The molecule has 4 rings (SSSR count). The molecule has 2 aromatic rings. The lowest BCUT2D eigenvalue weighted by atomic mass is 10.2. The van der Waals surface area contributed by atoms with E-state index in [1.165, 1.54) is 44.8 Å². The maximum atomic E-state index is 4.25. The smallest absolute Gasteiger partial charge is 0.221 e. The van der Waals surface area contributed by atoms with Crippen LogP contribution < -0.4 is 4.90 Å². The maximum absolute atomic E-state index is 4.25. The van der Waals surface area contributed by atoms with Crippen molar-refractivity contribution >= 4 is 5.95 Å². The van der Waals surface area contributed by atoms with E-state index in [1.54, 1.807) is 6.33 Å². The Morgan fingerprint density at radius 3 is 2.00 bits per heavy atom. The summed E-state index contributed by atoms with van der Waals surface area (Å²) in [6, 6.07) is 10.8. The molecule has 0 bridgehead atoms. The molecule has 7 heteroatoms. The van der Waals surface area contributed by atoms with Gasteiger partial charge in [0.2, 0.25) is 5.95 Å². The second-order valence-corrected chi connectivity index (χ2v) is 7.24. The Balaban J connectivity index is 1.13. The molecular formula is C19H29N7. The average Bonchev–Trinajstić information content (AvgIpc) is 3.24. The highest BCUT2D eigenvalue weighted by atomic mass is 15.4. The molecule has 0 amide bonds. The van der Waals surface area contributed by atoms with Crippen LogP contribution in [0.1, 0.15) is 5.56 Å². The number of nitrogens with zero attached hydrogens (tertiary/aromatic N) is 6. The first-order valence-corrected chi connectivity index (χ1v) is 9.68. The van der Waals surface area contributed by atoms with E-state index in [0.717, 1.165) is 38.7 Å². The van der Waals surface area contributed by atoms with Crippen LogP contribution in [0.25, 0.3) is 0 Å². The van der Waals surface area contributed by atoms with Crippen LogP contribution in [0.2, 0.25) is 0 Å². The minimum atomic E-state index is 0.902. The predicted molar refractivity (Wildman–Crippen MR) is 103 cm³/mol. The number of nitrogens with one attached hydrogen (secondary N) is 1. The first-order valence-electron chi connectivity index (χ1n) is 9.68. The van der Waals surface area contributed by atoms with E-state index in [0.29, 0.717) is 0 Å². The molecule has 2 aliphatic rings. The quantitative estimate of drug-likeness (QED) is 0.825. The second-order valence-electron chi connectivity index (χ2n) is 7.24. The zero-order chi connectivity index (χ0) is 17.6. The first kappa shape index (κ1) is 17.5. The third-order valence-electron chi connectivity index (χ3n) is 5.52. The molecule has 2 aliphatic heterocycles. The number of aromatic nitrogens is 3. The van der Waals surface area contributed by atoms with Gasteiger partial charge < -0.3 is 4.90 Å². The average molecular weight is 355 g/mol. The fourth-order valence-corrected chi connectivity index (χ4v) is 3.83. The highest BCUT2D eigenvalue weighted by Gasteiger charge is 2.21. The minimum Gasteiger partial charge on any atom is -0.339 e. The summed E-state index contributed by atoms with van der Waals surface area (Å²) in [6.07, 6.45) is 1.58. The summed E-state index contributed by atoms with van der Waals surface area (Å²) in [4.78, 5) is 14.3. The van der Waals surface area contributed by atoms with Gasteiger partial charge in [0.05, 0.1) is 0 Å². The van der Waals surface area contributed by atoms with Crippen molar-refractivity contribution in [3.05, 3.63) is 42.2 Å². The van der Waals surface area contributed by atoms with Crippen molar-refractivity contribution in [1.82, 2.24) is 29.9 Å². The molecule has 140 valence electrons. The Morgan fingerprint density at radius 2 is 1.38 bits per heavy atom. The lowest BCUT2D eigenvalue weighted by Crippen LogP contribution is -2.51. The number of hydrogen-bond donors (Lipinski definition) is 1. The van der Waals surface area contributed by atoms with E-state index in [-0.39, 0.29) is 0 Å². The van der Waals surface area contributed by atoms with Crippen LogP contribution in [-0.4, -0.2) is 95.3 Å². The van der Waals surface area contributed by atoms with Gasteiger partial charge >= 0.3 is 0 Å². The van der Waals surface area contributed by atoms with Crippen LogP contribution in [0.4, 0.5) is 5.95 Å². The van der Waals surface area contributed by atoms with E-state index in [2.05, 4.69) is 65.1 Å². The molecule has 1 N–H and O–H groups in total. The Labute approximate surface area is 155 Å². The van der Waals surface area contributed by atoms with E-state index >= 15 is 0 Å². The van der Waals surface area contributed by atoms with Gasteiger partial charge in [0, 0.05) is 72.0 Å². The van der Waals surface area contributed by atoms with Gasteiger partial charge in [0.25, 0.3) is 0 Å². The molecule has 1 aromatic heterocycles. The molecule has 0 atom stereocenters. The minimum absolute atomic E-state index is 0.902. The van der Waals surface area contributed by atoms with E-state index in [4.69, 9.17) is 0 Å². The third-order valence-corrected chi connectivity index (χ3v) is 5.52. The van der Waals surface area contributed by atoms with Gasteiger partial charge in [0.15, 0.2) is 0 Å². The number of hydrogen-bond acceptors (Lipinski definition) is 6. The molecule has 0 aliphatic carbocycles. The molecule has 2 fully saturated rings. The molecule has 2 saturated heterocycles. The Kier molecular flexibility index (Phi) is 5.78. The van der Waals surface area contributed by atoms with Gasteiger partial charge in [-0.2, -0.15) is 10.1 Å². The van der Waals surface area contributed by atoms with Crippen molar-refractivity contribution in [2.75, 3.05) is 70.3 Å². The highest BCUT2D eigenvalue weighted by molar-refractivity contribution is 5.27. The number of aromatic amines is 1. The molecule has 1 aromatic carbocycles. The topological polar surface area (TPSA) is 54.5 Å². The Bertz CT molecular complexity index is 629. The standard InChI is InChI=1S/C19H29N7/c1-2-4-18(5-3-1)16-25-10-8-23(9-11-25)6-7-24-12-14-26(15-13-24)19-20-17-21-22-19/h1-5,17H,6-16H2,(H,20,21,22). The number of piperazine rings is 2. The summed E-state index contributed by atoms with van der Waals surface area (Å²) < 4.78 is 0. The van der Waals surface area contributed by atoms with Crippen molar-refractivity contribution in [2.24, 2.45) is 0 Å². The van der Waals surface area contributed by atoms with Gasteiger partial charge in [0.1, 0.15) is 6.33 Å². The van der Waals surface area contributed by atoms with Crippen LogP contribution >= 0.6 is 0 Å². The van der Waals surface area contributed by atoms with Gasteiger partial charge in [-0.25, -0.2) is 5.10 Å². The van der Waals surface area contributed by atoms with Gasteiger partial charge in [-0.1, -0.05) is 30.3 Å². The zero-order valence-electron chi connectivity index (χ0n) is 15.4. The van der Waals surface area contributed by atoms with E-state index < -0.39 is 0 Å². The summed E-state index contributed by atoms with van der Waals surface area (Å²) in [5, 5.41) is 6.90. The highest BCUT2D eigenvalue weighted by Crippen LogP contribution is 2.11. The second kappa shape index (κ2) is 8.62. The summed E-state index contributed by atoms with van der Waals surface area (Å²) >= 11 is 0. The van der Waals surface area contributed by atoms with E-state index in [1.807, 2.05) is 0 Å². The summed E-state index contributed by atoms with van der Waals surface area (Å²) in [7, 11) is 0. The van der Waals surface area contributed by atoms with Gasteiger partial charge in [-0.05, 0) is 5.56 Å². The van der Waals surface area contributed by atoms with Crippen LogP contribution in [-0.2, 0) is 6.54 Å². The molecule has 0 spiro atoms.